The number of carbonyl (C=O) groups excluding carboxylic acids is 3. The number of phenols is 1. The number of amides is 3. The summed E-state index contributed by atoms with van der Waals surface area (Å²) in [6, 6.07) is 9.81. The number of aryl methyl sites for hydroxylation is 1. The molecule has 3 rings (SSSR count). The Morgan fingerprint density at radius 2 is 1.72 bits per heavy atom. The predicted octanol–water partition coefficient (Wildman–Crippen LogP) is 5.32. The van der Waals surface area contributed by atoms with E-state index in [1.807, 2.05) is 13.8 Å². The standard InChI is InChI=1S/C30H41N3O6/c1-18(2)16-24(32-29(37)39-30(4,5)6)28(36)33(22-11-12-22)26(20-8-15-25(34)19(3)17-20)27(35)31-21-9-13-23(38-7)14-10-21/h8-10,13-15,17-18,22,24,26,34H,11-12,16H2,1-7H3,(H,31,35)(H,32,37). The van der Waals surface area contributed by atoms with Crippen molar-refractivity contribution >= 4 is 23.6 Å². The molecule has 9 nitrogen and oxygen atoms in total. The molecule has 0 saturated heterocycles. The highest BCUT2D eigenvalue weighted by molar-refractivity contribution is 5.99. The van der Waals surface area contributed by atoms with Gasteiger partial charge in [-0.3, -0.25) is 9.59 Å². The summed E-state index contributed by atoms with van der Waals surface area (Å²) in [5, 5.41) is 15.8. The first-order valence-electron chi connectivity index (χ1n) is 13.3. The summed E-state index contributed by atoms with van der Waals surface area (Å²) in [6.45, 7) is 11.0. The molecule has 39 heavy (non-hydrogen) atoms. The van der Waals surface area contributed by atoms with Gasteiger partial charge in [-0.1, -0.05) is 19.9 Å². The molecule has 0 aliphatic heterocycles. The molecule has 0 bridgehead atoms. The molecule has 1 fully saturated rings. The van der Waals surface area contributed by atoms with Crippen molar-refractivity contribution in [1.29, 1.82) is 0 Å². The maximum Gasteiger partial charge on any atom is 0.408 e. The number of nitrogens with zero attached hydrogens (tertiary/aromatic N) is 1. The Morgan fingerprint density at radius 1 is 1.08 bits per heavy atom. The van der Waals surface area contributed by atoms with Crippen LogP contribution < -0.4 is 15.4 Å². The first-order chi connectivity index (χ1) is 18.3. The van der Waals surface area contributed by atoms with Gasteiger partial charge in [-0.05, 0) is 100 Å². The summed E-state index contributed by atoms with van der Waals surface area (Å²) in [6.07, 6.45) is 1.19. The van der Waals surface area contributed by atoms with Crippen molar-refractivity contribution in [1.82, 2.24) is 10.2 Å². The fourth-order valence-electron chi connectivity index (χ4n) is 4.37. The van der Waals surface area contributed by atoms with Crippen LogP contribution in [0.3, 0.4) is 0 Å². The zero-order valence-electron chi connectivity index (χ0n) is 23.9. The van der Waals surface area contributed by atoms with Crippen molar-refractivity contribution in [3.63, 3.8) is 0 Å². The van der Waals surface area contributed by atoms with Gasteiger partial charge in [0.2, 0.25) is 5.91 Å². The van der Waals surface area contributed by atoms with E-state index in [1.165, 1.54) is 6.07 Å². The molecule has 2 unspecified atom stereocenters. The van der Waals surface area contributed by atoms with Gasteiger partial charge in [-0.2, -0.15) is 0 Å². The van der Waals surface area contributed by atoms with Crippen LogP contribution in [0.1, 0.15) is 71.0 Å². The molecule has 0 spiro atoms. The van der Waals surface area contributed by atoms with Crippen molar-refractivity contribution in [2.45, 2.75) is 84.5 Å². The molecule has 212 valence electrons. The van der Waals surface area contributed by atoms with Gasteiger partial charge in [0.25, 0.3) is 5.91 Å². The highest BCUT2D eigenvalue weighted by Gasteiger charge is 2.44. The van der Waals surface area contributed by atoms with Gasteiger partial charge in [0, 0.05) is 11.7 Å². The minimum Gasteiger partial charge on any atom is -0.508 e. The molecule has 2 aromatic rings. The second kappa shape index (κ2) is 12.4. The van der Waals surface area contributed by atoms with E-state index in [9.17, 15) is 19.5 Å². The lowest BCUT2D eigenvalue weighted by atomic mass is 9.97. The number of benzene rings is 2. The van der Waals surface area contributed by atoms with Crippen LogP contribution in [-0.4, -0.2) is 52.7 Å². The van der Waals surface area contributed by atoms with E-state index in [1.54, 1.807) is 76.1 Å². The Bertz CT molecular complexity index is 1170. The quantitative estimate of drug-likeness (QED) is 0.376. The monoisotopic (exact) mass is 539 g/mol. The van der Waals surface area contributed by atoms with Crippen LogP contribution in [0.4, 0.5) is 10.5 Å². The molecular weight excluding hydrogens is 498 g/mol. The van der Waals surface area contributed by atoms with E-state index in [4.69, 9.17) is 9.47 Å². The van der Waals surface area contributed by atoms with E-state index >= 15 is 0 Å². The number of alkyl carbamates (subject to hydrolysis) is 1. The third-order valence-corrected chi connectivity index (χ3v) is 6.31. The zero-order valence-corrected chi connectivity index (χ0v) is 23.9. The summed E-state index contributed by atoms with van der Waals surface area (Å²) < 4.78 is 10.6. The average Bonchev–Trinajstić information content (AvgIpc) is 3.67. The fourth-order valence-corrected chi connectivity index (χ4v) is 4.37. The lowest BCUT2D eigenvalue weighted by Crippen LogP contribution is -2.53. The largest absolute Gasteiger partial charge is 0.508 e. The lowest BCUT2D eigenvalue weighted by Gasteiger charge is -2.35. The maximum absolute atomic E-state index is 14.2. The molecule has 0 heterocycles. The van der Waals surface area contributed by atoms with Gasteiger partial charge in [0.15, 0.2) is 0 Å². The average molecular weight is 540 g/mol. The molecule has 1 aliphatic rings. The van der Waals surface area contributed by atoms with Crippen LogP contribution in [0.2, 0.25) is 0 Å². The minimum absolute atomic E-state index is 0.0948. The number of ether oxygens (including phenoxy) is 2. The van der Waals surface area contributed by atoms with Crippen molar-refractivity contribution in [2.24, 2.45) is 5.92 Å². The number of carbonyl (C=O) groups is 3. The first kappa shape index (κ1) is 29.8. The first-order valence-corrected chi connectivity index (χ1v) is 13.3. The number of phenolic OH excluding ortho intramolecular Hbond substituents is 1. The molecular formula is C30H41N3O6. The van der Waals surface area contributed by atoms with Gasteiger partial charge >= 0.3 is 6.09 Å². The van der Waals surface area contributed by atoms with Gasteiger partial charge in [0.1, 0.15) is 29.2 Å². The number of hydrogen-bond donors (Lipinski definition) is 3. The number of anilines is 1. The summed E-state index contributed by atoms with van der Waals surface area (Å²) in [4.78, 5) is 42.3. The van der Waals surface area contributed by atoms with E-state index in [2.05, 4.69) is 10.6 Å². The summed E-state index contributed by atoms with van der Waals surface area (Å²) in [5.74, 6) is 0.0982. The minimum atomic E-state index is -0.985. The summed E-state index contributed by atoms with van der Waals surface area (Å²) in [5.41, 5.74) is 0.978. The summed E-state index contributed by atoms with van der Waals surface area (Å²) in [7, 11) is 1.56. The maximum atomic E-state index is 14.2. The van der Waals surface area contributed by atoms with E-state index in [0.29, 0.717) is 29.0 Å². The molecule has 2 aromatic carbocycles. The van der Waals surface area contributed by atoms with Crippen molar-refractivity contribution in [3.8, 4) is 11.5 Å². The highest BCUT2D eigenvalue weighted by atomic mass is 16.6. The lowest BCUT2D eigenvalue weighted by molar-refractivity contribution is -0.141. The van der Waals surface area contributed by atoms with Gasteiger partial charge in [-0.15, -0.1) is 0 Å². The second-order valence-electron chi connectivity index (χ2n) is 11.5. The van der Waals surface area contributed by atoms with Crippen LogP contribution >= 0.6 is 0 Å². The number of aromatic hydroxyl groups is 1. The Balaban J connectivity index is 2.00. The van der Waals surface area contributed by atoms with E-state index < -0.39 is 29.7 Å². The highest BCUT2D eigenvalue weighted by Crippen LogP contribution is 2.37. The topological polar surface area (TPSA) is 117 Å². The Labute approximate surface area is 230 Å². The van der Waals surface area contributed by atoms with Crippen LogP contribution in [0.5, 0.6) is 11.5 Å². The number of hydrogen-bond acceptors (Lipinski definition) is 6. The van der Waals surface area contributed by atoms with Crippen molar-refractivity contribution in [3.05, 3.63) is 53.6 Å². The van der Waals surface area contributed by atoms with Gasteiger partial charge < -0.3 is 30.1 Å². The molecule has 9 heteroatoms. The normalized spacial score (nSPS) is 14.8. The SMILES string of the molecule is COc1ccc(NC(=O)C(c2ccc(O)c(C)c2)N(C(=O)C(CC(C)C)NC(=O)OC(C)(C)C)C2CC2)cc1. The van der Waals surface area contributed by atoms with Gasteiger partial charge in [0.05, 0.1) is 7.11 Å². The van der Waals surface area contributed by atoms with E-state index in [0.717, 1.165) is 12.8 Å². The predicted molar refractivity (Wildman–Crippen MR) is 150 cm³/mol. The molecule has 3 amide bonds. The molecule has 0 aromatic heterocycles. The Kier molecular flexibility index (Phi) is 9.48. The third-order valence-electron chi connectivity index (χ3n) is 6.31. The third kappa shape index (κ3) is 8.37. The molecule has 1 aliphatic carbocycles. The van der Waals surface area contributed by atoms with Crippen LogP contribution in [0, 0.1) is 12.8 Å². The molecule has 1 saturated carbocycles. The molecule has 2 atom stereocenters. The zero-order chi connectivity index (χ0) is 28.9. The smallest absolute Gasteiger partial charge is 0.408 e. The molecule has 0 radical (unpaired) electrons. The van der Waals surface area contributed by atoms with Crippen molar-refractivity contribution in [2.75, 3.05) is 12.4 Å². The van der Waals surface area contributed by atoms with Crippen molar-refractivity contribution < 1.29 is 29.0 Å². The van der Waals surface area contributed by atoms with Gasteiger partial charge in [-0.25, -0.2) is 4.79 Å². The summed E-state index contributed by atoms with van der Waals surface area (Å²) >= 11 is 0. The number of rotatable bonds is 10. The number of methoxy groups -OCH3 is 1. The van der Waals surface area contributed by atoms with Crippen LogP contribution in [0.25, 0.3) is 0 Å². The van der Waals surface area contributed by atoms with E-state index in [-0.39, 0.29) is 23.6 Å². The van der Waals surface area contributed by atoms with Crippen LogP contribution in [0.15, 0.2) is 42.5 Å². The molecule has 3 N–H and O–H groups in total. The van der Waals surface area contributed by atoms with Crippen LogP contribution in [-0.2, 0) is 14.3 Å². The number of nitrogens with one attached hydrogen (secondary N) is 2. The fraction of sp³-hybridized carbons (Fsp3) is 0.500. The Morgan fingerprint density at radius 3 is 2.23 bits per heavy atom. The second-order valence-corrected chi connectivity index (χ2v) is 11.5. The Hall–Kier alpha value is -3.75.